The lowest BCUT2D eigenvalue weighted by Crippen LogP contribution is -2.31. The molecule has 1 aliphatic heterocycles. The molecule has 0 radical (unpaired) electrons. The highest BCUT2D eigenvalue weighted by Crippen LogP contribution is 2.24. The quantitative estimate of drug-likeness (QED) is 0.704. The van der Waals surface area contributed by atoms with Crippen LogP contribution in [-0.2, 0) is 29.3 Å². The van der Waals surface area contributed by atoms with Crippen LogP contribution in [0.5, 0.6) is 5.88 Å². The van der Waals surface area contributed by atoms with Crippen molar-refractivity contribution in [3.8, 4) is 5.88 Å². The Morgan fingerprint density at radius 2 is 2.12 bits per heavy atom. The summed E-state index contributed by atoms with van der Waals surface area (Å²) < 4.78 is 29.5. The number of aromatic nitrogens is 3. The topological polar surface area (TPSA) is 85.3 Å². The van der Waals surface area contributed by atoms with Gasteiger partial charge in [0.25, 0.3) is 0 Å². The minimum atomic E-state index is -3.41. The van der Waals surface area contributed by atoms with E-state index < -0.39 is 9.84 Å². The number of fused-ring (bicyclic) bond motifs is 1. The van der Waals surface area contributed by atoms with Gasteiger partial charge in [0.15, 0.2) is 0 Å². The van der Waals surface area contributed by atoms with Crippen molar-refractivity contribution in [3.05, 3.63) is 39.8 Å². The number of nitrogens with zero attached hydrogens (tertiary/aromatic N) is 4. The number of halogens is 1. The van der Waals surface area contributed by atoms with E-state index in [0.29, 0.717) is 19.0 Å². The first-order valence-electron chi connectivity index (χ1n) is 7.32. The number of pyridine rings is 1. The maximum Gasteiger partial charge on any atom is 0.247 e. The largest absolute Gasteiger partial charge is 0.481 e. The lowest BCUT2D eigenvalue weighted by atomic mass is 10.1. The van der Waals surface area contributed by atoms with Crippen LogP contribution >= 0.6 is 15.9 Å². The average Bonchev–Trinajstić information content (AvgIpc) is 2.53. The van der Waals surface area contributed by atoms with Gasteiger partial charge in [-0.25, -0.2) is 23.4 Å². The fourth-order valence-electron chi connectivity index (χ4n) is 2.66. The van der Waals surface area contributed by atoms with E-state index in [2.05, 4.69) is 35.8 Å². The molecule has 0 aliphatic carbocycles. The fraction of sp³-hybridized carbons (Fsp3) is 0.400. The predicted molar refractivity (Wildman–Crippen MR) is 91.4 cm³/mol. The Bertz CT molecular complexity index is 873. The fourth-order valence-corrected chi connectivity index (χ4v) is 3.56. The zero-order valence-electron chi connectivity index (χ0n) is 13.4. The van der Waals surface area contributed by atoms with Crippen molar-refractivity contribution < 1.29 is 13.2 Å². The van der Waals surface area contributed by atoms with Crippen LogP contribution in [-0.4, -0.2) is 48.2 Å². The number of hydrogen-bond donors (Lipinski definition) is 0. The molecule has 3 heterocycles. The van der Waals surface area contributed by atoms with E-state index in [1.807, 2.05) is 6.07 Å². The molecule has 2 aromatic heterocycles. The second kappa shape index (κ2) is 6.73. The first-order valence-corrected chi connectivity index (χ1v) is 10.0. The standard InChI is InChI=1S/C15H17BrN4O3S/c1-23-14-11(5-12(16)7-17-14)8-20-4-3-10-6-18-15(24(2,21)22)19-13(10)9-20/h5-7H,3-4,8-9H2,1-2H3. The molecular weight excluding hydrogens is 396 g/mol. The molecule has 0 atom stereocenters. The van der Waals surface area contributed by atoms with E-state index in [1.165, 1.54) is 0 Å². The van der Waals surface area contributed by atoms with Crippen LogP contribution in [0.1, 0.15) is 16.8 Å². The number of sulfone groups is 1. The van der Waals surface area contributed by atoms with E-state index in [1.54, 1.807) is 19.5 Å². The predicted octanol–water partition coefficient (Wildman–Crippen LogP) is 1.60. The summed E-state index contributed by atoms with van der Waals surface area (Å²) in [6.45, 7) is 2.05. The monoisotopic (exact) mass is 412 g/mol. The molecule has 0 bridgehead atoms. The van der Waals surface area contributed by atoms with E-state index >= 15 is 0 Å². The van der Waals surface area contributed by atoms with Gasteiger partial charge in [0.2, 0.25) is 20.9 Å². The average molecular weight is 413 g/mol. The molecular formula is C15H17BrN4O3S. The number of methoxy groups -OCH3 is 1. The summed E-state index contributed by atoms with van der Waals surface area (Å²) in [5, 5.41) is -0.121. The lowest BCUT2D eigenvalue weighted by molar-refractivity contribution is 0.235. The molecule has 128 valence electrons. The van der Waals surface area contributed by atoms with Gasteiger partial charge in [-0.05, 0) is 34.0 Å². The minimum absolute atomic E-state index is 0.121. The van der Waals surface area contributed by atoms with Gasteiger partial charge < -0.3 is 4.74 Å². The number of hydrogen-bond acceptors (Lipinski definition) is 7. The Morgan fingerprint density at radius 1 is 1.33 bits per heavy atom. The van der Waals surface area contributed by atoms with Crippen molar-refractivity contribution >= 4 is 25.8 Å². The van der Waals surface area contributed by atoms with Gasteiger partial charge in [-0.3, -0.25) is 4.90 Å². The molecule has 9 heteroatoms. The van der Waals surface area contributed by atoms with Crippen molar-refractivity contribution in [1.29, 1.82) is 0 Å². The first-order chi connectivity index (χ1) is 11.4. The molecule has 24 heavy (non-hydrogen) atoms. The maximum absolute atomic E-state index is 11.6. The Labute approximate surface area is 149 Å². The third-order valence-electron chi connectivity index (χ3n) is 3.81. The number of rotatable bonds is 4. The van der Waals surface area contributed by atoms with Crippen molar-refractivity contribution in [2.45, 2.75) is 24.7 Å². The van der Waals surface area contributed by atoms with Gasteiger partial charge >= 0.3 is 0 Å². The smallest absolute Gasteiger partial charge is 0.247 e. The van der Waals surface area contributed by atoms with E-state index in [-0.39, 0.29) is 5.16 Å². The first kappa shape index (κ1) is 17.2. The van der Waals surface area contributed by atoms with Crippen LogP contribution in [0, 0.1) is 0 Å². The van der Waals surface area contributed by atoms with Gasteiger partial charge in [0, 0.05) is 48.3 Å². The van der Waals surface area contributed by atoms with Crippen LogP contribution in [0.15, 0.2) is 28.1 Å². The number of ether oxygens (including phenoxy) is 1. The summed E-state index contributed by atoms with van der Waals surface area (Å²) in [6, 6.07) is 1.98. The van der Waals surface area contributed by atoms with E-state index in [0.717, 1.165) is 40.5 Å². The summed E-state index contributed by atoms with van der Waals surface area (Å²) >= 11 is 3.42. The third kappa shape index (κ3) is 3.73. The van der Waals surface area contributed by atoms with Crippen molar-refractivity contribution in [3.63, 3.8) is 0 Å². The zero-order valence-corrected chi connectivity index (χ0v) is 15.8. The maximum atomic E-state index is 11.6. The SMILES string of the molecule is COc1ncc(Br)cc1CN1CCc2cnc(S(C)(=O)=O)nc2C1. The van der Waals surface area contributed by atoms with Gasteiger partial charge in [-0.1, -0.05) is 0 Å². The van der Waals surface area contributed by atoms with Gasteiger partial charge in [0.1, 0.15) is 0 Å². The minimum Gasteiger partial charge on any atom is -0.481 e. The van der Waals surface area contributed by atoms with Crippen molar-refractivity contribution in [1.82, 2.24) is 19.9 Å². The molecule has 0 amide bonds. The molecule has 2 aromatic rings. The summed E-state index contributed by atoms with van der Waals surface area (Å²) in [5.74, 6) is 0.587. The molecule has 1 aliphatic rings. The molecule has 7 nitrogen and oxygen atoms in total. The Morgan fingerprint density at radius 3 is 2.83 bits per heavy atom. The Balaban J connectivity index is 1.84. The summed E-state index contributed by atoms with van der Waals surface area (Å²) in [7, 11) is -1.81. The molecule has 0 fully saturated rings. The molecule has 0 saturated heterocycles. The molecule has 0 spiro atoms. The Kier molecular flexibility index (Phi) is 4.84. The highest BCUT2D eigenvalue weighted by Gasteiger charge is 2.22. The molecule has 0 unspecified atom stereocenters. The molecule has 0 aromatic carbocycles. The van der Waals surface area contributed by atoms with Crippen molar-refractivity contribution in [2.75, 3.05) is 19.9 Å². The zero-order chi connectivity index (χ0) is 17.3. The van der Waals surface area contributed by atoms with Crippen LogP contribution in [0.2, 0.25) is 0 Å². The van der Waals surface area contributed by atoms with Crippen LogP contribution < -0.4 is 4.74 Å². The summed E-state index contributed by atoms with van der Waals surface area (Å²) in [6.07, 6.45) is 5.22. The van der Waals surface area contributed by atoms with Gasteiger partial charge in [-0.15, -0.1) is 0 Å². The van der Waals surface area contributed by atoms with Crippen molar-refractivity contribution in [2.24, 2.45) is 0 Å². The lowest BCUT2D eigenvalue weighted by Gasteiger charge is -2.28. The molecule has 3 rings (SSSR count). The summed E-state index contributed by atoms with van der Waals surface area (Å²) in [5.41, 5.74) is 2.73. The Hall–Kier alpha value is -1.58. The summed E-state index contributed by atoms with van der Waals surface area (Å²) in [4.78, 5) is 14.6. The highest BCUT2D eigenvalue weighted by atomic mass is 79.9. The second-order valence-corrected chi connectivity index (χ2v) is 8.50. The molecule has 0 saturated carbocycles. The molecule has 0 N–H and O–H groups in total. The van der Waals surface area contributed by atoms with Gasteiger partial charge in [-0.2, -0.15) is 0 Å². The van der Waals surface area contributed by atoms with Crippen LogP contribution in [0.4, 0.5) is 0 Å². The normalized spacial score (nSPS) is 15.1. The van der Waals surface area contributed by atoms with Crippen LogP contribution in [0.3, 0.4) is 0 Å². The van der Waals surface area contributed by atoms with E-state index in [9.17, 15) is 8.42 Å². The van der Waals surface area contributed by atoms with Gasteiger partial charge in [0.05, 0.1) is 12.8 Å². The third-order valence-corrected chi connectivity index (χ3v) is 5.11. The second-order valence-electron chi connectivity index (χ2n) is 5.68. The van der Waals surface area contributed by atoms with Crippen LogP contribution in [0.25, 0.3) is 0 Å². The highest BCUT2D eigenvalue weighted by molar-refractivity contribution is 9.10. The van der Waals surface area contributed by atoms with E-state index in [4.69, 9.17) is 4.74 Å².